The van der Waals surface area contributed by atoms with Gasteiger partial charge in [0.25, 0.3) is 0 Å². The lowest BCUT2D eigenvalue weighted by molar-refractivity contribution is 0.380. The maximum atomic E-state index is 13.5. The summed E-state index contributed by atoms with van der Waals surface area (Å²) in [5.41, 5.74) is 6.04. The quantitative estimate of drug-likeness (QED) is 0.873. The Morgan fingerprint density at radius 1 is 1.54 bits per heavy atom. The molecule has 13 heavy (non-hydrogen) atoms. The fourth-order valence-corrected chi connectivity index (χ4v) is 1.55. The standard InChI is InChI=1S/C9H11BrFNO/c1-5(12)6-3-4-7(10)9(13-2)8(6)11/h3-5H,12H2,1-2H3. The van der Waals surface area contributed by atoms with E-state index in [0.29, 0.717) is 10.0 Å². The van der Waals surface area contributed by atoms with Gasteiger partial charge in [0.1, 0.15) is 0 Å². The summed E-state index contributed by atoms with van der Waals surface area (Å²) in [5, 5.41) is 0. The predicted octanol–water partition coefficient (Wildman–Crippen LogP) is 2.62. The van der Waals surface area contributed by atoms with Gasteiger partial charge < -0.3 is 10.5 Å². The first-order chi connectivity index (χ1) is 6.07. The van der Waals surface area contributed by atoms with Crippen LogP contribution in [0.15, 0.2) is 16.6 Å². The van der Waals surface area contributed by atoms with Gasteiger partial charge in [0.2, 0.25) is 0 Å². The second-order valence-electron chi connectivity index (χ2n) is 2.77. The maximum absolute atomic E-state index is 13.5. The molecule has 0 aliphatic rings. The molecule has 0 aliphatic heterocycles. The van der Waals surface area contributed by atoms with Gasteiger partial charge in [-0.2, -0.15) is 0 Å². The van der Waals surface area contributed by atoms with E-state index in [4.69, 9.17) is 10.5 Å². The number of benzene rings is 1. The van der Waals surface area contributed by atoms with Crippen molar-refractivity contribution < 1.29 is 9.13 Å². The third kappa shape index (κ3) is 2.00. The van der Waals surface area contributed by atoms with E-state index in [-0.39, 0.29) is 11.8 Å². The van der Waals surface area contributed by atoms with E-state index in [0.717, 1.165) is 0 Å². The van der Waals surface area contributed by atoms with E-state index in [1.165, 1.54) is 7.11 Å². The van der Waals surface area contributed by atoms with Gasteiger partial charge in [0, 0.05) is 11.6 Å². The Morgan fingerprint density at radius 3 is 2.62 bits per heavy atom. The molecule has 1 aromatic rings. The second kappa shape index (κ2) is 4.07. The Bertz CT molecular complexity index is 315. The first-order valence-corrected chi connectivity index (χ1v) is 4.64. The number of nitrogens with two attached hydrogens (primary N) is 1. The SMILES string of the molecule is COc1c(Br)ccc(C(C)N)c1F. The zero-order valence-corrected chi connectivity index (χ0v) is 9.06. The molecule has 0 aromatic heterocycles. The Labute approximate surface area is 85.0 Å². The van der Waals surface area contributed by atoms with Gasteiger partial charge in [-0.3, -0.25) is 0 Å². The number of hydrogen-bond acceptors (Lipinski definition) is 2. The lowest BCUT2D eigenvalue weighted by atomic mass is 10.1. The van der Waals surface area contributed by atoms with Crippen molar-refractivity contribution in [2.24, 2.45) is 5.73 Å². The van der Waals surface area contributed by atoms with Crippen LogP contribution < -0.4 is 10.5 Å². The summed E-state index contributed by atoms with van der Waals surface area (Å²) in [7, 11) is 1.42. The molecule has 2 nitrogen and oxygen atoms in total. The second-order valence-corrected chi connectivity index (χ2v) is 3.63. The molecule has 0 heterocycles. The van der Waals surface area contributed by atoms with Gasteiger partial charge in [-0.15, -0.1) is 0 Å². The van der Waals surface area contributed by atoms with Crippen molar-refractivity contribution in [2.75, 3.05) is 7.11 Å². The average Bonchev–Trinajstić information content (AvgIpc) is 2.04. The molecule has 0 saturated heterocycles. The zero-order valence-electron chi connectivity index (χ0n) is 7.47. The lowest BCUT2D eigenvalue weighted by Crippen LogP contribution is -2.08. The fourth-order valence-electron chi connectivity index (χ4n) is 1.09. The average molecular weight is 248 g/mol. The topological polar surface area (TPSA) is 35.2 Å². The van der Waals surface area contributed by atoms with Gasteiger partial charge in [-0.25, -0.2) is 4.39 Å². The number of rotatable bonds is 2. The molecule has 0 bridgehead atoms. The summed E-state index contributed by atoms with van der Waals surface area (Å²) in [4.78, 5) is 0. The van der Waals surface area contributed by atoms with Crippen LogP contribution in [-0.2, 0) is 0 Å². The van der Waals surface area contributed by atoms with Crippen molar-refractivity contribution in [1.82, 2.24) is 0 Å². The maximum Gasteiger partial charge on any atom is 0.170 e. The fraction of sp³-hybridized carbons (Fsp3) is 0.333. The molecule has 0 spiro atoms. The number of hydrogen-bond donors (Lipinski definition) is 1. The van der Waals surface area contributed by atoms with Crippen molar-refractivity contribution in [3.05, 3.63) is 28.0 Å². The highest BCUT2D eigenvalue weighted by atomic mass is 79.9. The van der Waals surface area contributed by atoms with Gasteiger partial charge in [0.05, 0.1) is 11.6 Å². The lowest BCUT2D eigenvalue weighted by Gasteiger charge is -2.11. The van der Waals surface area contributed by atoms with Gasteiger partial charge >= 0.3 is 0 Å². The zero-order chi connectivity index (χ0) is 10.0. The van der Waals surface area contributed by atoms with Crippen molar-refractivity contribution >= 4 is 15.9 Å². The first kappa shape index (κ1) is 10.5. The van der Waals surface area contributed by atoms with E-state index < -0.39 is 5.82 Å². The first-order valence-electron chi connectivity index (χ1n) is 3.85. The molecule has 2 N–H and O–H groups in total. The van der Waals surface area contributed by atoms with Gasteiger partial charge in [0.15, 0.2) is 11.6 Å². The smallest absolute Gasteiger partial charge is 0.170 e. The molecule has 72 valence electrons. The highest BCUT2D eigenvalue weighted by Gasteiger charge is 2.14. The molecule has 1 atom stereocenters. The molecular formula is C9H11BrFNO. The normalized spacial score (nSPS) is 12.7. The van der Waals surface area contributed by atoms with Crippen LogP contribution in [0, 0.1) is 5.82 Å². The number of methoxy groups -OCH3 is 1. The predicted molar refractivity (Wildman–Crippen MR) is 53.3 cm³/mol. The molecule has 1 rings (SSSR count). The Morgan fingerprint density at radius 2 is 2.15 bits per heavy atom. The molecule has 0 aliphatic carbocycles. The number of ether oxygens (including phenoxy) is 1. The highest BCUT2D eigenvalue weighted by Crippen LogP contribution is 2.31. The summed E-state index contributed by atoms with van der Waals surface area (Å²) >= 11 is 3.18. The van der Waals surface area contributed by atoms with E-state index in [1.54, 1.807) is 19.1 Å². The van der Waals surface area contributed by atoms with Crippen molar-refractivity contribution in [3.63, 3.8) is 0 Å². The van der Waals surface area contributed by atoms with Crippen LogP contribution in [0.4, 0.5) is 4.39 Å². The van der Waals surface area contributed by atoms with E-state index in [2.05, 4.69) is 15.9 Å². The Hall–Kier alpha value is -0.610. The van der Waals surface area contributed by atoms with Crippen molar-refractivity contribution in [3.8, 4) is 5.75 Å². The van der Waals surface area contributed by atoms with Gasteiger partial charge in [-0.1, -0.05) is 6.07 Å². The largest absolute Gasteiger partial charge is 0.492 e. The van der Waals surface area contributed by atoms with Crippen molar-refractivity contribution in [2.45, 2.75) is 13.0 Å². The molecule has 4 heteroatoms. The van der Waals surface area contributed by atoms with E-state index in [9.17, 15) is 4.39 Å². The third-order valence-corrected chi connectivity index (χ3v) is 2.40. The van der Waals surface area contributed by atoms with Crippen LogP contribution in [0.1, 0.15) is 18.5 Å². The molecule has 0 amide bonds. The molecule has 0 fully saturated rings. The van der Waals surface area contributed by atoms with Crippen LogP contribution in [0.5, 0.6) is 5.75 Å². The van der Waals surface area contributed by atoms with Gasteiger partial charge in [-0.05, 0) is 28.9 Å². The molecule has 0 radical (unpaired) electrons. The Kier molecular flexibility index (Phi) is 3.27. The summed E-state index contributed by atoms with van der Waals surface area (Å²) in [6.45, 7) is 1.73. The monoisotopic (exact) mass is 247 g/mol. The minimum atomic E-state index is -0.396. The Balaban J connectivity index is 3.27. The minimum Gasteiger partial charge on any atom is -0.492 e. The summed E-state index contributed by atoms with van der Waals surface area (Å²) in [6.07, 6.45) is 0. The van der Waals surface area contributed by atoms with E-state index in [1.807, 2.05) is 0 Å². The van der Waals surface area contributed by atoms with Crippen LogP contribution in [0.3, 0.4) is 0 Å². The van der Waals surface area contributed by atoms with Crippen LogP contribution in [-0.4, -0.2) is 7.11 Å². The van der Waals surface area contributed by atoms with Crippen LogP contribution in [0.25, 0.3) is 0 Å². The van der Waals surface area contributed by atoms with E-state index >= 15 is 0 Å². The highest BCUT2D eigenvalue weighted by molar-refractivity contribution is 9.10. The third-order valence-electron chi connectivity index (χ3n) is 1.77. The molecule has 0 saturated carbocycles. The molecule has 1 unspecified atom stereocenters. The van der Waals surface area contributed by atoms with Crippen LogP contribution in [0.2, 0.25) is 0 Å². The summed E-state index contributed by atoms with van der Waals surface area (Å²) in [6, 6.07) is 3.04. The van der Waals surface area contributed by atoms with Crippen molar-refractivity contribution in [1.29, 1.82) is 0 Å². The summed E-state index contributed by atoms with van der Waals surface area (Å²) in [5.74, 6) is -0.193. The number of halogens is 2. The van der Waals surface area contributed by atoms with Crippen LogP contribution >= 0.6 is 15.9 Å². The summed E-state index contributed by atoms with van der Waals surface area (Å²) < 4.78 is 19.0. The molecule has 1 aromatic carbocycles. The molecular weight excluding hydrogens is 237 g/mol. The minimum absolute atomic E-state index is 0.204.